The number of hydrogen-bond donors (Lipinski definition) is 1. The van der Waals surface area contributed by atoms with Gasteiger partial charge >= 0.3 is 0 Å². The van der Waals surface area contributed by atoms with Crippen LogP contribution in [-0.2, 0) is 6.42 Å². The molecule has 0 aliphatic heterocycles. The van der Waals surface area contributed by atoms with Crippen molar-refractivity contribution < 1.29 is 4.79 Å². The molecule has 1 aromatic heterocycles. The van der Waals surface area contributed by atoms with E-state index < -0.39 is 0 Å². The molecule has 0 saturated carbocycles. The Kier molecular flexibility index (Phi) is 5.47. The number of amides is 1. The van der Waals surface area contributed by atoms with Gasteiger partial charge in [0.1, 0.15) is 0 Å². The maximum atomic E-state index is 11.9. The summed E-state index contributed by atoms with van der Waals surface area (Å²) in [5.41, 5.74) is 0.0578. The maximum absolute atomic E-state index is 11.9. The molecule has 0 saturated heterocycles. The Hall–Kier alpha value is -0.540. The van der Waals surface area contributed by atoms with Gasteiger partial charge < -0.3 is 5.32 Å². The highest BCUT2D eigenvalue weighted by Crippen LogP contribution is 2.21. The van der Waals surface area contributed by atoms with Gasteiger partial charge in [-0.1, -0.05) is 20.8 Å². The van der Waals surface area contributed by atoms with E-state index in [4.69, 9.17) is 11.6 Å². The second-order valence-electron chi connectivity index (χ2n) is 4.91. The molecule has 4 heteroatoms. The minimum absolute atomic E-state index is 0.0253. The number of aryl methyl sites for hydroxylation is 1. The summed E-state index contributed by atoms with van der Waals surface area (Å²) in [5, 5.41) is 2.97. The summed E-state index contributed by atoms with van der Waals surface area (Å²) in [7, 11) is 0. The van der Waals surface area contributed by atoms with Crippen molar-refractivity contribution in [2.45, 2.75) is 33.6 Å². The monoisotopic (exact) mass is 273 g/mol. The van der Waals surface area contributed by atoms with Gasteiger partial charge in [0.2, 0.25) is 0 Å². The van der Waals surface area contributed by atoms with Crippen molar-refractivity contribution >= 4 is 28.8 Å². The first-order chi connectivity index (χ1) is 7.98. The second kappa shape index (κ2) is 6.41. The van der Waals surface area contributed by atoms with Crippen molar-refractivity contribution in [2.75, 3.05) is 12.4 Å². The zero-order valence-corrected chi connectivity index (χ0v) is 12.3. The molecule has 1 aromatic rings. The minimum atomic E-state index is 0.0253. The van der Waals surface area contributed by atoms with E-state index in [9.17, 15) is 4.79 Å². The first kappa shape index (κ1) is 14.5. The van der Waals surface area contributed by atoms with Crippen LogP contribution in [0, 0.1) is 5.41 Å². The number of carbonyl (C=O) groups is 1. The van der Waals surface area contributed by atoms with E-state index in [2.05, 4.69) is 26.1 Å². The highest BCUT2D eigenvalue weighted by molar-refractivity contribution is 7.14. The van der Waals surface area contributed by atoms with E-state index in [1.807, 2.05) is 12.1 Å². The molecule has 0 aromatic carbocycles. The predicted octanol–water partition coefficient (Wildman–Crippen LogP) is 3.70. The van der Waals surface area contributed by atoms with Crippen molar-refractivity contribution in [3.8, 4) is 0 Å². The summed E-state index contributed by atoms with van der Waals surface area (Å²) < 4.78 is 0. The van der Waals surface area contributed by atoms with Crippen molar-refractivity contribution in [1.29, 1.82) is 0 Å². The van der Waals surface area contributed by atoms with Crippen molar-refractivity contribution in [2.24, 2.45) is 5.41 Å². The molecular weight excluding hydrogens is 254 g/mol. The van der Waals surface area contributed by atoms with Crippen LogP contribution >= 0.6 is 22.9 Å². The van der Waals surface area contributed by atoms with Gasteiger partial charge in [-0.25, -0.2) is 0 Å². The molecular formula is C13H20ClNOS. The summed E-state index contributed by atoms with van der Waals surface area (Å²) in [6.45, 7) is 6.98. The molecule has 1 rings (SSSR count). The lowest BCUT2D eigenvalue weighted by Gasteiger charge is -2.23. The van der Waals surface area contributed by atoms with E-state index in [-0.39, 0.29) is 11.3 Å². The van der Waals surface area contributed by atoms with Gasteiger partial charge in [0.05, 0.1) is 4.88 Å². The Morgan fingerprint density at radius 2 is 2.18 bits per heavy atom. The third-order valence-electron chi connectivity index (χ3n) is 2.73. The predicted molar refractivity (Wildman–Crippen MR) is 75.1 cm³/mol. The molecule has 1 amide bonds. The van der Waals surface area contributed by atoms with Gasteiger partial charge in [-0.2, -0.15) is 0 Å². The molecule has 17 heavy (non-hydrogen) atoms. The molecule has 0 bridgehead atoms. The van der Waals surface area contributed by atoms with E-state index in [0.717, 1.165) is 17.7 Å². The van der Waals surface area contributed by atoms with Crippen LogP contribution < -0.4 is 5.32 Å². The van der Waals surface area contributed by atoms with Crippen LogP contribution in [0.4, 0.5) is 0 Å². The maximum Gasteiger partial charge on any atom is 0.261 e. The number of thiophene rings is 1. The summed E-state index contributed by atoms with van der Waals surface area (Å²) >= 11 is 7.30. The van der Waals surface area contributed by atoms with Crippen LogP contribution in [0.2, 0.25) is 0 Å². The normalized spacial score (nSPS) is 11.5. The first-order valence-electron chi connectivity index (χ1n) is 5.91. The Labute approximate surface area is 112 Å². The fourth-order valence-corrected chi connectivity index (χ4v) is 2.82. The molecule has 0 spiro atoms. The first-order valence-corrected chi connectivity index (χ1v) is 7.26. The highest BCUT2D eigenvalue weighted by atomic mass is 35.5. The van der Waals surface area contributed by atoms with Gasteiger partial charge in [0.25, 0.3) is 5.91 Å². The Morgan fingerprint density at radius 1 is 1.47 bits per heavy atom. The lowest BCUT2D eigenvalue weighted by molar-refractivity contribution is 0.0940. The van der Waals surface area contributed by atoms with Crippen LogP contribution in [0.1, 0.15) is 41.7 Å². The summed E-state index contributed by atoms with van der Waals surface area (Å²) in [6, 6.07) is 3.91. The van der Waals surface area contributed by atoms with Gasteiger partial charge in [-0.15, -0.1) is 22.9 Å². The smallest absolute Gasteiger partial charge is 0.261 e. The fraction of sp³-hybridized carbons (Fsp3) is 0.615. The van der Waals surface area contributed by atoms with Gasteiger partial charge in [0, 0.05) is 17.3 Å². The van der Waals surface area contributed by atoms with E-state index in [1.54, 1.807) is 11.3 Å². The molecule has 0 fully saturated rings. The van der Waals surface area contributed by atoms with Crippen LogP contribution in [-0.4, -0.2) is 18.3 Å². The summed E-state index contributed by atoms with van der Waals surface area (Å²) in [4.78, 5) is 13.9. The molecule has 0 atom stereocenters. The van der Waals surface area contributed by atoms with Crippen LogP contribution in [0.15, 0.2) is 12.1 Å². The largest absolute Gasteiger partial charge is 0.351 e. The van der Waals surface area contributed by atoms with E-state index >= 15 is 0 Å². The van der Waals surface area contributed by atoms with E-state index in [0.29, 0.717) is 12.4 Å². The Balaban J connectivity index is 2.49. The lowest BCUT2D eigenvalue weighted by Crippen LogP contribution is -2.33. The van der Waals surface area contributed by atoms with E-state index in [1.165, 1.54) is 4.88 Å². The number of hydrogen-bond acceptors (Lipinski definition) is 2. The summed E-state index contributed by atoms with van der Waals surface area (Å²) in [5.74, 6) is 0.652. The standard InChI is InChI=1S/C13H20ClNOS/c1-4-10-5-6-11(17-10)12(16)15-9-13(2,3)7-8-14/h5-6H,4,7-9H2,1-3H3,(H,15,16). The molecule has 0 unspecified atom stereocenters. The average Bonchev–Trinajstić information content (AvgIpc) is 2.74. The zero-order chi connectivity index (χ0) is 12.9. The zero-order valence-electron chi connectivity index (χ0n) is 10.7. The summed E-state index contributed by atoms with van der Waals surface area (Å²) in [6.07, 6.45) is 1.88. The lowest BCUT2D eigenvalue weighted by atomic mass is 9.90. The van der Waals surface area contributed by atoms with Gasteiger partial charge in [-0.3, -0.25) is 4.79 Å². The third-order valence-corrected chi connectivity index (χ3v) is 4.15. The van der Waals surface area contributed by atoms with Crippen molar-refractivity contribution in [3.05, 3.63) is 21.9 Å². The number of rotatable bonds is 6. The molecule has 2 nitrogen and oxygen atoms in total. The Morgan fingerprint density at radius 3 is 2.71 bits per heavy atom. The molecule has 96 valence electrons. The second-order valence-corrected chi connectivity index (χ2v) is 6.45. The average molecular weight is 274 g/mol. The van der Waals surface area contributed by atoms with Crippen LogP contribution in [0.5, 0.6) is 0 Å². The van der Waals surface area contributed by atoms with Crippen molar-refractivity contribution in [3.63, 3.8) is 0 Å². The highest BCUT2D eigenvalue weighted by Gasteiger charge is 2.19. The number of nitrogens with one attached hydrogen (secondary N) is 1. The molecule has 1 heterocycles. The fourth-order valence-electron chi connectivity index (χ4n) is 1.44. The molecule has 0 aliphatic rings. The van der Waals surface area contributed by atoms with Gasteiger partial charge in [0.15, 0.2) is 0 Å². The number of alkyl halides is 1. The van der Waals surface area contributed by atoms with Crippen LogP contribution in [0.3, 0.4) is 0 Å². The van der Waals surface area contributed by atoms with Crippen molar-refractivity contribution in [1.82, 2.24) is 5.32 Å². The molecule has 0 radical (unpaired) electrons. The minimum Gasteiger partial charge on any atom is -0.351 e. The number of halogens is 1. The molecule has 0 aliphatic carbocycles. The topological polar surface area (TPSA) is 29.1 Å². The number of carbonyl (C=O) groups excluding carboxylic acids is 1. The Bertz CT molecular complexity index is 373. The van der Waals surface area contributed by atoms with Crippen LogP contribution in [0.25, 0.3) is 0 Å². The SMILES string of the molecule is CCc1ccc(C(=O)NCC(C)(C)CCCl)s1. The quantitative estimate of drug-likeness (QED) is 0.787. The third kappa shape index (κ3) is 4.68. The van der Waals surface area contributed by atoms with Gasteiger partial charge in [-0.05, 0) is 30.4 Å². The molecule has 1 N–H and O–H groups in total.